The second kappa shape index (κ2) is 8.93. The molecule has 0 saturated heterocycles. The molecule has 1 fully saturated rings. The molecule has 1 aromatic carbocycles. The number of methoxy groups -OCH3 is 1. The summed E-state index contributed by atoms with van der Waals surface area (Å²) >= 11 is 0. The van der Waals surface area contributed by atoms with Crippen LogP contribution in [0.1, 0.15) is 39.7 Å². The van der Waals surface area contributed by atoms with E-state index in [1.54, 1.807) is 7.11 Å². The molecule has 4 atom stereocenters. The molecule has 4 heteroatoms. The van der Waals surface area contributed by atoms with Gasteiger partial charge < -0.3 is 13.9 Å². The standard InChI is InChI=1S/C23H38O3Si/c1-9-19-14-22(26-27(7,8)23(3,4)5)17(2)21(19)16-25-15-18-10-12-20(24-6)13-11-18/h9-13,17,19,21-22H,1,14-16H2,2-8H3/t17-,19+,21-,22+/m1/s1. The van der Waals surface area contributed by atoms with Gasteiger partial charge in [-0.25, -0.2) is 0 Å². The molecule has 0 aromatic heterocycles. The number of rotatable bonds is 8. The first kappa shape index (κ1) is 22.2. The molecule has 2 rings (SSSR count). The molecule has 1 aliphatic carbocycles. The van der Waals surface area contributed by atoms with Crippen molar-refractivity contribution >= 4 is 8.32 Å². The topological polar surface area (TPSA) is 27.7 Å². The smallest absolute Gasteiger partial charge is 0.192 e. The van der Waals surface area contributed by atoms with Crippen molar-refractivity contribution in [3.63, 3.8) is 0 Å². The van der Waals surface area contributed by atoms with Crippen molar-refractivity contribution in [3.8, 4) is 5.75 Å². The maximum absolute atomic E-state index is 6.75. The first-order valence-corrected chi connectivity index (χ1v) is 13.0. The highest BCUT2D eigenvalue weighted by Gasteiger charge is 2.45. The van der Waals surface area contributed by atoms with Gasteiger partial charge in [0.15, 0.2) is 8.32 Å². The predicted octanol–water partition coefficient (Wildman–Crippen LogP) is 6.06. The third-order valence-corrected chi connectivity index (χ3v) is 11.1. The van der Waals surface area contributed by atoms with Crippen LogP contribution < -0.4 is 4.74 Å². The van der Waals surface area contributed by atoms with Crippen LogP contribution in [0.2, 0.25) is 18.1 Å². The maximum Gasteiger partial charge on any atom is 0.192 e. The lowest BCUT2D eigenvalue weighted by atomic mass is 9.91. The minimum Gasteiger partial charge on any atom is -0.497 e. The molecular formula is C23H38O3Si. The second-order valence-corrected chi connectivity index (χ2v) is 14.2. The molecular weight excluding hydrogens is 352 g/mol. The monoisotopic (exact) mass is 390 g/mol. The molecule has 0 spiro atoms. The maximum atomic E-state index is 6.75. The van der Waals surface area contributed by atoms with Gasteiger partial charge in [0.1, 0.15) is 5.75 Å². The predicted molar refractivity (Wildman–Crippen MR) is 116 cm³/mol. The minimum absolute atomic E-state index is 0.235. The SMILES string of the molecule is C=C[C@H]1C[C@H](O[Si](C)(C)C(C)(C)C)[C@H](C)[C@H]1COCc1ccc(OC)cc1. The van der Waals surface area contributed by atoms with Crippen LogP contribution in [0.15, 0.2) is 36.9 Å². The minimum atomic E-state index is -1.76. The number of allylic oxidation sites excluding steroid dienone is 1. The zero-order chi connectivity index (χ0) is 20.2. The fraction of sp³-hybridized carbons (Fsp3) is 0.652. The molecule has 0 amide bonds. The Morgan fingerprint density at radius 1 is 1.19 bits per heavy atom. The second-order valence-electron chi connectivity index (χ2n) is 9.44. The Labute approximate surface area is 167 Å². The normalized spacial score (nSPS) is 26.2. The summed E-state index contributed by atoms with van der Waals surface area (Å²) in [4.78, 5) is 0. The largest absolute Gasteiger partial charge is 0.497 e. The Bertz CT molecular complexity index is 603. The summed E-state index contributed by atoms with van der Waals surface area (Å²) < 4.78 is 18.1. The number of ether oxygens (including phenoxy) is 2. The molecule has 0 bridgehead atoms. The van der Waals surface area contributed by atoms with Gasteiger partial charge in [-0.2, -0.15) is 0 Å². The van der Waals surface area contributed by atoms with Crippen molar-refractivity contribution in [2.45, 2.75) is 65.0 Å². The summed E-state index contributed by atoms with van der Waals surface area (Å²) in [6, 6.07) is 8.08. The highest BCUT2D eigenvalue weighted by atomic mass is 28.4. The average molecular weight is 391 g/mol. The highest BCUT2D eigenvalue weighted by molar-refractivity contribution is 6.74. The Kier molecular flexibility index (Phi) is 7.34. The van der Waals surface area contributed by atoms with Gasteiger partial charge in [-0.15, -0.1) is 6.58 Å². The fourth-order valence-electron chi connectivity index (χ4n) is 3.61. The van der Waals surface area contributed by atoms with Crippen molar-refractivity contribution in [2.75, 3.05) is 13.7 Å². The third-order valence-electron chi connectivity index (χ3n) is 6.61. The molecule has 0 unspecified atom stereocenters. The highest BCUT2D eigenvalue weighted by Crippen LogP contribution is 2.45. The van der Waals surface area contributed by atoms with Crippen molar-refractivity contribution in [3.05, 3.63) is 42.5 Å². The van der Waals surface area contributed by atoms with Gasteiger partial charge in [0, 0.05) is 6.10 Å². The Morgan fingerprint density at radius 3 is 2.33 bits per heavy atom. The van der Waals surface area contributed by atoms with Crippen molar-refractivity contribution in [1.29, 1.82) is 0 Å². The first-order valence-electron chi connectivity index (χ1n) is 10.1. The molecule has 1 aliphatic rings. The van der Waals surface area contributed by atoms with E-state index in [4.69, 9.17) is 13.9 Å². The lowest BCUT2D eigenvalue weighted by Crippen LogP contribution is -2.44. The molecule has 1 aromatic rings. The van der Waals surface area contributed by atoms with Crippen LogP contribution in [0.5, 0.6) is 5.75 Å². The van der Waals surface area contributed by atoms with Gasteiger partial charge >= 0.3 is 0 Å². The molecule has 0 aliphatic heterocycles. The number of hydrogen-bond donors (Lipinski definition) is 0. The van der Waals surface area contributed by atoms with Crippen molar-refractivity contribution in [1.82, 2.24) is 0 Å². The van der Waals surface area contributed by atoms with E-state index in [1.807, 2.05) is 12.1 Å². The Hall–Kier alpha value is -1.10. The lowest BCUT2D eigenvalue weighted by Gasteiger charge is -2.39. The average Bonchev–Trinajstić information content (AvgIpc) is 2.90. The summed E-state index contributed by atoms with van der Waals surface area (Å²) in [5.41, 5.74) is 1.17. The van der Waals surface area contributed by atoms with E-state index in [1.165, 1.54) is 5.56 Å². The van der Waals surface area contributed by atoms with Crippen LogP contribution in [0.3, 0.4) is 0 Å². The van der Waals surface area contributed by atoms with E-state index in [2.05, 4.69) is 65.6 Å². The number of hydrogen-bond acceptors (Lipinski definition) is 3. The first-order chi connectivity index (χ1) is 12.6. The van der Waals surface area contributed by atoms with E-state index in [0.717, 1.165) is 18.8 Å². The summed E-state index contributed by atoms with van der Waals surface area (Å²) in [7, 11) is -0.0784. The van der Waals surface area contributed by atoms with Crippen LogP contribution in [-0.2, 0) is 15.8 Å². The lowest BCUT2D eigenvalue weighted by molar-refractivity contribution is 0.0536. The zero-order valence-electron chi connectivity index (χ0n) is 18.2. The van der Waals surface area contributed by atoms with Crippen LogP contribution >= 0.6 is 0 Å². The van der Waals surface area contributed by atoms with Gasteiger partial charge in [-0.05, 0) is 60.0 Å². The molecule has 0 radical (unpaired) electrons. The molecule has 1 saturated carbocycles. The van der Waals surface area contributed by atoms with Crippen LogP contribution in [0, 0.1) is 17.8 Å². The van der Waals surface area contributed by atoms with E-state index in [0.29, 0.717) is 30.5 Å². The third kappa shape index (κ3) is 5.46. The van der Waals surface area contributed by atoms with E-state index in [9.17, 15) is 0 Å². The van der Waals surface area contributed by atoms with Crippen LogP contribution in [-0.4, -0.2) is 28.1 Å². The Morgan fingerprint density at radius 2 is 1.81 bits per heavy atom. The van der Waals surface area contributed by atoms with Gasteiger partial charge in [-0.3, -0.25) is 0 Å². The number of benzene rings is 1. The molecule has 27 heavy (non-hydrogen) atoms. The summed E-state index contributed by atoms with van der Waals surface area (Å²) in [6.45, 7) is 19.4. The molecule has 0 N–H and O–H groups in total. The van der Waals surface area contributed by atoms with E-state index in [-0.39, 0.29) is 5.04 Å². The Balaban J connectivity index is 1.94. The van der Waals surface area contributed by atoms with E-state index < -0.39 is 8.32 Å². The molecule has 152 valence electrons. The quantitative estimate of drug-likeness (QED) is 0.399. The van der Waals surface area contributed by atoms with E-state index >= 15 is 0 Å². The zero-order valence-corrected chi connectivity index (χ0v) is 19.2. The van der Waals surface area contributed by atoms with Crippen LogP contribution in [0.4, 0.5) is 0 Å². The van der Waals surface area contributed by atoms with Crippen LogP contribution in [0.25, 0.3) is 0 Å². The summed E-state index contributed by atoms with van der Waals surface area (Å²) in [5.74, 6) is 2.29. The van der Waals surface area contributed by atoms with Gasteiger partial charge in [0.25, 0.3) is 0 Å². The summed E-state index contributed by atoms with van der Waals surface area (Å²) in [5, 5.41) is 0.235. The molecule has 3 nitrogen and oxygen atoms in total. The van der Waals surface area contributed by atoms with Gasteiger partial charge in [0.05, 0.1) is 20.3 Å². The van der Waals surface area contributed by atoms with Gasteiger partial charge in [-0.1, -0.05) is 45.9 Å². The fourth-order valence-corrected chi connectivity index (χ4v) is 5.04. The molecule has 0 heterocycles. The van der Waals surface area contributed by atoms with Gasteiger partial charge in [0.2, 0.25) is 0 Å². The van der Waals surface area contributed by atoms with Crippen molar-refractivity contribution < 1.29 is 13.9 Å². The van der Waals surface area contributed by atoms with Crippen molar-refractivity contribution in [2.24, 2.45) is 17.8 Å². The summed E-state index contributed by atoms with van der Waals surface area (Å²) in [6.07, 6.45) is 3.48.